The molecule has 2 aliphatic rings. The van der Waals surface area contributed by atoms with Crippen molar-refractivity contribution >= 4 is 23.0 Å². The van der Waals surface area contributed by atoms with Gasteiger partial charge in [-0.15, -0.1) is 13.2 Å². The monoisotopic (exact) mass is 452 g/mol. The molecule has 0 saturated heterocycles. The number of alkyl halides is 3. The first-order chi connectivity index (χ1) is 14.6. The van der Waals surface area contributed by atoms with E-state index in [1.165, 1.54) is 6.20 Å². The number of hydrogen-bond donors (Lipinski definition) is 2. The van der Waals surface area contributed by atoms with E-state index in [1.807, 2.05) is 0 Å². The first kappa shape index (κ1) is 20.1. The highest BCUT2D eigenvalue weighted by molar-refractivity contribution is 6.30. The van der Waals surface area contributed by atoms with Gasteiger partial charge in [0.2, 0.25) is 0 Å². The number of carbonyl (C=O) groups is 1. The smallest absolute Gasteiger partial charge is 0.404 e. The van der Waals surface area contributed by atoms with E-state index in [0.29, 0.717) is 23.4 Å². The highest BCUT2D eigenvalue weighted by Crippen LogP contribution is 2.60. The Labute approximate surface area is 178 Å². The summed E-state index contributed by atoms with van der Waals surface area (Å²) in [5, 5.41) is 14.6. The normalized spacial score (nSPS) is 27.2. The topological polar surface area (TPSA) is 88.8 Å². The van der Waals surface area contributed by atoms with Crippen LogP contribution in [0.25, 0.3) is 5.52 Å². The van der Waals surface area contributed by atoms with E-state index >= 15 is 0 Å². The molecule has 2 unspecified atom stereocenters. The molecule has 162 valence electrons. The van der Waals surface area contributed by atoms with Crippen molar-refractivity contribution in [3.63, 3.8) is 0 Å². The van der Waals surface area contributed by atoms with Crippen LogP contribution in [0.5, 0.6) is 5.75 Å². The average Bonchev–Trinajstić information content (AvgIpc) is 3.04. The van der Waals surface area contributed by atoms with Crippen molar-refractivity contribution in [2.45, 2.75) is 30.8 Å². The fourth-order valence-corrected chi connectivity index (χ4v) is 4.85. The number of rotatable bonds is 4. The fraction of sp³-hybridized carbons (Fsp3) is 0.350. The molecule has 2 atom stereocenters. The number of halogens is 4. The van der Waals surface area contributed by atoms with Crippen molar-refractivity contribution in [3.05, 3.63) is 59.4 Å². The van der Waals surface area contributed by atoms with E-state index < -0.39 is 23.6 Å². The lowest BCUT2D eigenvalue weighted by Crippen LogP contribution is -2.33. The lowest BCUT2D eigenvalue weighted by molar-refractivity contribution is -0.274. The number of imidazole rings is 1. The summed E-state index contributed by atoms with van der Waals surface area (Å²) in [5.74, 6) is -0.989. The predicted octanol–water partition coefficient (Wildman–Crippen LogP) is 3.31. The Balaban J connectivity index is 1.27. The molecule has 0 aromatic carbocycles. The third-order valence-corrected chi connectivity index (χ3v) is 6.18. The van der Waals surface area contributed by atoms with E-state index in [-0.39, 0.29) is 23.4 Å². The number of nitrogens with zero attached hydrogens (tertiary/aromatic N) is 3. The van der Waals surface area contributed by atoms with Gasteiger partial charge in [-0.3, -0.25) is 9.78 Å². The van der Waals surface area contributed by atoms with Crippen LogP contribution in [0, 0.1) is 11.8 Å². The van der Waals surface area contributed by atoms with Crippen LogP contribution in [0.15, 0.2) is 43.2 Å². The zero-order chi connectivity index (χ0) is 22.0. The third kappa shape index (κ3) is 3.70. The lowest BCUT2D eigenvalue weighted by Gasteiger charge is -2.27. The second-order valence-electron chi connectivity index (χ2n) is 7.98. The highest BCUT2D eigenvalue weighted by Gasteiger charge is 2.62. The Morgan fingerprint density at radius 3 is 2.68 bits per heavy atom. The first-order valence-electron chi connectivity index (χ1n) is 9.49. The number of amides is 1. The molecule has 2 N–H and O–H groups in total. The van der Waals surface area contributed by atoms with E-state index in [0.717, 1.165) is 17.8 Å². The molecule has 3 aromatic heterocycles. The van der Waals surface area contributed by atoms with Crippen molar-refractivity contribution in [1.82, 2.24) is 19.7 Å². The van der Waals surface area contributed by atoms with Gasteiger partial charge in [0.25, 0.3) is 5.91 Å². The maximum absolute atomic E-state index is 12.5. The van der Waals surface area contributed by atoms with Crippen LogP contribution in [0.1, 0.15) is 28.8 Å². The molecule has 5 rings (SSSR count). The minimum absolute atomic E-state index is 0.0298. The summed E-state index contributed by atoms with van der Waals surface area (Å²) in [5.41, 5.74) is 0.334. The van der Waals surface area contributed by atoms with E-state index in [9.17, 15) is 23.1 Å². The van der Waals surface area contributed by atoms with Crippen LogP contribution in [0.3, 0.4) is 0 Å². The lowest BCUT2D eigenvalue weighted by atomic mass is 9.88. The molecule has 3 aromatic rings. The van der Waals surface area contributed by atoms with Crippen LogP contribution in [-0.4, -0.2) is 37.8 Å². The molecule has 31 heavy (non-hydrogen) atoms. The summed E-state index contributed by atoms with van der Waals surface area (Å²) >= 11 is 6.18. The maximum atomic E-state index is 12.5. The summed E-state index contributed by atoms with van der Waals surface area (Å²) in [4.78, 5) is 20.2. The van der Waals surface area contributed by atoms with Crippen molar-refractivity contribution in [2.24, 2.45) is 11.8 Å². The Morgan fingerprint density at radius 2 is 1.97 bits per heavy atom. The van der Waals surface area contributed by atoms with Crippen LogP contribution in [0.4, 0.5) is 13.2 Å². The van der Waals surface area contributed by atoms with Gasteiger partial charge in [0.1, 0.15) is 5.75 Å². The van der Waals surface area contributed by atoms with Crippen LogP contribution in [0.2, 0.25) is 5.02 Å². The molecular formula is C20H16ClF3N4O3. The minimum Gasteiger partial charge on any atom is -0.404 e. The summed E-state index contributed by atoms with van der Waals surface area (Å²) in [6, 6.07) is 2.56. The molecular weight excluding hydrogens is 437 g/mol. The third-order valence-electron chi connectivity index (χ3n) is 5.97. The van der Waals surface area contributed by atoms with Crippen LogP contribution < -0.4 is 10.1 Å². The molecule has 0 radical (unpaired) electrons. The molecule has 7 nitrogen and oxygen atoms in total. The molecule has 0 bridgehead atoms. The quantitative estimate of drug-likeness (QED) is 0.634. The molecule has 2 saturated carbocycles. The molecule has 11 heteroatoms. The Bertz CT molecular complexity index is 1170. The second-order valence-corrected chi connectivity index (χ2v) is 8.42. The Morgan fingerprint density at radius 1 is 1.23 bits per heavy atom. The van der Waals surface area contributed by atoms with Crippen LogP contribution in [-0.2, 0) is 5.60 Å². The predicted molar refractivity (Wildman–Crippen MR) is 102 cm³/mol. The minimum atomic E-state index is -4.87. The summed E-state index contributed by atoms with van der Waals surface area (Å²) in [6.07, 6.45) is 3.04. The second kappa shape index (κ2) is 6.83. The number of pyridine rings is 2. The zero-order valence-electron chi connectivity index (χ0n) is 15.8. The standard InChI is InChI=1S/C20H16ClF3N4O3/c21-11-2-15(16-7-26-9-28(16)8-11)19(30)3-13-14(4-19)17(13)27-18(29)10-1-12(6-25-5-10)31-20(22,23)24/h1-2,5-9,13-14,17,30H,3-4H2,(H,27,29). The maximum Gasteiger partial charge on any atom is 0.573 e. The van der Waals surface area contributed by atoms with Gasteiger partial charge in [0, 0.05) is 24.0 Å². The fourth-order valence-electron chi connectivity index (χ4n) is 4.64. The van der Waals surface area contributed by atoms with Gasteiger partial charge in [-0.25, -0.2) is 4.98 Å². The van der Waals surface area contributed by atoms with E-state index in [4.69, 9.17) is 11.6 Å². The number of nitrogens with one attached hydrogen (secondary N) is 1. The Hall–Kier alpha value is -2.85. The molecule has 2 aliphatic carbocycles. The molecule has 1 amide bonds. The zero-order valence-corrected chi connectivity index (χ0v) is 16.6. The van der Waals surface area contributed by atoms with Gasteiger partial charge in [0.05, 0.1) is 40.4 Å². The van der Waals surface area contributed by atoms with Gasteiger partial charge in [0.15, 0.2) is 0 Å². The Kier molecular flexibility index (Phi) is 4.42. The van der Waals surface area contributed by atoms with Crippen molar-refractivity contribution in [2.75, 3.05) is 0 Å². The van der Waals surface area contributed by atoms with Crippen LogP contribution >= 0.6 is 11.6 Å². The van der Waals surface area contributed by atoms with Gasteiger partial charge >= 0.3 is 6.36 Å². The summed E-state index contributed by atoms with van der Waals surface area (Å²) < 4.78 is 42.7. The van der Waals surface area contributed by atoms with E-state index in [2.05, 4.69) is 20.0 Å². The van der Waals surface area contributed by atoms with Gasteiger partial charge in [-0.05, 0) is 36.8 Å². The van der Waals surface area contributed by atoms with E-state index in [1.54, 1.807) is 29.2 Å². The van der Waals surface area contributed by atoms with Crippen molar-refractivity contribution in [3.8, 4) is 5.75 Å². The number of ether oxygens (including phenoxy) is 1. The summed E-state index contributed by atoms with van der Waals surface area (Å²) in [7, 11) is 0. The molecule has 0 aliphatic heterocycles. The number of fused-ring (bicyclic) bond motifs is 2. The van der Waals surface area contributed by atoms with Gasteiger partial charge in [-0.1, -0.05) is 11.6 Å². The van der Waals surface area contributed by atoms with Gasteiger partial charge < -0.3 is 19.6 Å². The number of aliphatic hydroxyl groups is 1. The highest BCUT2D eigenvalue weighted by atomic mass is 35.5. The van der Waals surface area contributed by atoms with Crippen molar-refractivity contribution in [1.29, 1.82) is 0 Å². The largest absolute Gasteiger partial charge is 0.573 e. The van der Waals surface area contributed by atoms with Gasteiger partial charge in [-0.2, -0.15) is 0 Å². The van der Waals surface area contributed by atoms with Crippen molar-refractivity contribution < 1.29 is 27.8 Å². The average molecular weight is 453 g/mol. The summed E-state index contributed by atoms with van der Waals surface area (Å²) in [6.45, 7) is 0. The number of aromatic nitrogens is 3. The SMILES string of the molecule is O=C(NC1C2CC(O)(c3cc(Cl)cn4cncc34)CC21)c1cncc(OC(F)(F)F)c1. The number of hydrogen-bond acceptors (Lipinski definition) is 5. The number of carbonyl (C=O) groups excluding carboxylic acids is 1. The molecule has 0 spiro atoms. The molecule has 3 heterocycles. The first-order valence-corrected chi connectivity index (χ1v) is 9.86. The molecule has 2 fully saturated rings.